The first-order valence-electron chi connectivity index (χ1n) is 10.6. The molecule has 0 radical (unpaired) electrons. The van der Waals surface area contributed by atoms with Gasteiger partial charge < -0.3 is 10.2 Å². The molecule has 10 heteroatoms. The summed E-state index contributed by atoms with van der Waals surface area (Å²) in [7, 11) is -3.72. The van der Waals surface area contributed by atoms with E-state index < -0.39 is 20.9 Å². The molecule has 1 aliphatic rings. The number of nitro groups is 1. The number of amides is 1. The third kappa shape index (κ3) is 4.61. The van der Waals surface area contributed by atoms with Gasteiger partial charge in [-0.25, -0.2) is 8.42 Å². The smallest absolute Gasteiger partial charge is 0.273 e. The molecule has 0 spiro atoms. The van der Waals surface area contributed by atoms with Crippen molar-refractivity contribution < 1.29 is 18.1 Å². The zero-order valence-electron chi connectivity index (χ0n) is 18.5. The normalized spacial score (nSPS) is 14.1. The fourth-order valence-corrected chi connectivity index (χ4v) is 5.46. The Bertz CT molecular complexity index is 1120. The molecule has 0 aromatic heterocycles. The highest BCUT2D eigenvalue weighted by atomic mass is 32.2. The maximum atomic E-state index is 13.1. The van der Waals surface area contributed by atoms with Gasteiger partial charge in [0.05, 0.1) is 21.2 Å². The van der Waals surface area contributed by atoms with Crippen LogP contribution in [0.1, 0.15) is 42.6 Å². The first-order valence-corrected chi connectivity index (χ1v) is 12.1. The number of hydrogen-bond acceptors (Lipinski definition) is 6. The topological polar surface area (TPSA) is 113 Å². The van der Waals surface area contributed by atoms with Gasteiger partial charge in [0, 0.05) is 43.4 Å². The van der Waals surface area contributed by atoms with Crippen molar-refractivity contribution in [1.82, 2.24) is 4.31 Å². The molecule has 3 rings (SSSR count). The highest BCUT2D eigenvalue weighted by molar-refractivity contribution is 7.89. The average Bonchev–Trinajstić information content (AvgIpc) is 3.29. The molecule has 0 unspecified atom stereocenters. The lowest BCUT2D eigenvalue weighted by Crippen LogP contribution is -2.31. The van der Waals surface area contributed by atoms with Crippen molar-refractivity contribution in [1.29, 1.82) is 0 Å². The number of hydrogen-bond donors (Lipinski definition) is 1. The van der Waals surface area contributed by atoms with Gasteiger partial charge in [0.15, 0.2) is 0 Å². The first-order chi connectivity index (χ1) is 15.2. The Hall–Kier alpha value is -2.98. The van der Waals surface area contributed by atoms with Gasteiger partial charge in [-0.1, -0.05) is 19.9 Å². The van der Waals surface area contributed by atoms with E-state index in [1.54, 1.807) is 26.0 Å². The van der Waals surface area contributed by atoms with Crippen LogP contribution in [0.3, 0.4) is 0 Å². The van der Waals surface area contributed by atoms with Crippen LogP contribution in [0.25, 0.3) is 0 Å². The third-order valence-corrected chi connectivity index (χ3v) is 7.80. The molecular formula is C22H28N4O5S. The minimum absolute atomic E-state index is 0.0928. The van der Waals surface area contributed by atoms with E-state index in [-0.39, 0.29) is 21.7 Å². The minimum atomic E-state index is -3.72. The second kappa shape index (κ2) is 9.66. The summed E-state index contributed by atoms with van der Waals surface area (Å²) >= 11 is 0. The van der Waals surface area contributed by atoms with E-state index in [0.717, 1.165) is 31.6 Å². The zero-order valence-corrected chi connectivity index (χ0v) is 19.3. The van der Waals surface area contributed by atoms with E-state index in [1.165, 1.54) is 35.5 Å². The van der Waals surface area contributed by atoms with Gasteiger partial charge in [-0.15, -0.1) is 0 Å². The number of anilines is 2. The summed E-state index contributed by atoms with van der Waals surface area (Å²) in [5, 5.41) is 14.1. The number of carbonyl (C=O) groups excluding carboxylic acids is 1. The standard InChI is InChI=1S/C22H28N4O5S/c1-4-25(5-2)32(30,31)17-11-12-21(24-13-6-7-14-24)19(15-17)23-22(27)18-9-8-10-20(16(18)3)26(28)29/h8-12,15H,4-7,13-14H2,1-3H3,(H,23,27). The minimum Gasteiger partial charge on any atom is -0.370 e. The van der Waals surface area contributed by atoms with E-state index in [9.17, 15) is 23.3 Å². The lowest BCUT2D eigenvalue weighted by Gasteiger charge is -2.24. The quantitative estimate of drug-likeness (QED) is 0.474. The van der Waals surface area contributed by atoms with Gasteiger partial charge in [0.1, 0.15) is 0 Å². The van der Waals surface area contributed by atoms with Crippen LogP contribution >= 0.6 is 0 Å². The van der Waals surface area contributed by atoms with E-state index in [1.807, 2.05) is 0 Å². The molecule has 0 aliphatic carbocycles. The molecule has 9 nitrogen and oxygen atoms in total. The van der Waals surface area contributed by atoms with Crippen molar-refractivity contribution in [2.75, 3.05) is 36.4 Å². The van der Waals surface area contributed by atoms with E-state index in [4.69, 9.17) is 0 Å². The van der Waals surface area contributed by atoms with Crippen LogP contribution in [0.15, 0.2) is 41.3 Å². The summed E-state index contributed by atoms with van der Waals surface area (Å²) in [5.74, 6) is -0.524. The van der Waals surface area contributed by atoms with Crippen molar-refractivity contribution in [2.24, 2.45) is 0 Å². The maximum Gasteiger partial charge on any atom is 0.273 e. The molecule has 2 aromatic carbocycles. The highest BCUT2D eigenvalue weighted by Gasteiger charge is 2.26. The molecule has 1 fully saturated rings. The van der Waals surface area contributed by atoms with Crippen LogP contribution in [0.2, 0.25) is 0 Å². The highest BCUT2D eigenvalue weighted by Crippen LogP contribution is 2.33. The van der Waals surface area contributed by atoms with Crippen molar-refractivity contribution >= 4 is 33.0 Å². The lowest BCUT2D eigenvalue weighted by atomic mass is 10.1. The number of nitrogens with zero attached hydrogens (tertiary/aromatic N) is 3. The number of nitro benzene ring substituents is 1. The number of rotatable bonds is 8. The van der Waals surface area contributed by atoms with Gasteiger partial charge in [0.2, 0.25) is 10.0 Å². The third-order valence-electron chi connectivity index (χ3n) is 5.75. The Kier molecular flexibility index (Phi) is 7.15. The molecule has 0 bridgehead atoms. The fourth-order valence-electron chi connectivity index (χ4n) is 3.98. The summed E-state index contributed by atoms with van der Waals surface area (Å²) in [6.07, 6.45) is 2.02. The fraction of sp³-hybridized carbons (Fsp3) is 0.409. The average molecular weight is 461 g/mol. The van der Waals surface area contributed by atoms with Gasteiger partial charge in [-0.05, 0) is 44.0 Å². The summed E-state index contributed by atoms with van der Waals surface area (Å²) in [6, 6.07) is 9.09. The van der Waals surface area contributed by atoms with Crippen LogP contribution in [-0.2, 0) is 10.0 Å². The van der Waals surface area contributed by atoms with Crippen LogP contribution in [0, 0.1) is 17.0 Å². The lowest BCUT2D eigenvalue weighted by molar-refractivity contribution is -0.385. The summed E-state index contributed by atoms with van der Waals surface area (Å²) in [4.78, 5) is 26.0. The van der Waals surface area contributed by atoms with E-state index in [2.05, 4.69) is 10.2 Å². The molecule has 172 valence electrons. The molecule has 32 heavy (non-hydrogen) atoms. The predicted molar refractivity (Wildman–Crippen MR) is 124 cm³/mol. The van der Waals surface area contributed by atoms with Crippen molar-refractivity contribution in [3.63, 3.8) is 0 Å². The second-order valence-corrected chi connectivity index (χ2v) is 9.56. The molecule has 2 aromatic rings. The largest absolute Gasteiger partial charge is 0.370 e. The Balaban J connectivity index is 2.04. The zero-order chi connectivity index (χ0) is 23.5. The van der Waals surface area contributed by atoms with Crippen molar-refractivity contribution in [3.05, 3.63) is 57.6 Å². The summed E-state index contributed by atoms with van der Waals surface area (Å²) < 4.78 is 27.4. The van der Waals surface area contributed by atoms with Crippen molar-refractivity contribution in [3.8, 4) is 0 Å². The summed E-state index contributed by atoms with van der Waals surface area (Å²) in [5.41, 5.74) is 1.39. The van der Waals surface area contributed by atoms with Crippen LogP contribution < -0.4 is 10.2 Å². The van der Waals surface area contributed by atoms with Gasteiger partial charge in [0.25, 0.3) is 11.6 Å². The Labute approximate surface area is 188 Å². The number of benzene rings is 2. The van der Waals surface area contributed by atoms with Crippen molar-refractivity contribution in [2.45, 2.75) is 38.5 Å². The molecule has 1 heterocycles. The van der Waals surface area contributed by atoms with E-state index >= 15 is 0 Å². The molecule has 1 N–H and O–H groups in total. The molecule has 1 saturated heterocycles. The molecule has 0 atom stereocenters. The number of carbonyl (C=O) groups is 1. The Morgan fingerprint density at radius 2 is 1.81 bits per heavy atom. The molecule has 1 amide bonds. The maximum absolute atomic E-state index is 13.1. The first kappa shape index (κ1) is 23.7. The molecule has 0 saturated carbocycles. The number of sulfonamides is 1. The van der Waals surface area contributed by atoms with Gasteiger partial charge in [-0.3, -0.25) is 14.9 Å². The monoisotopic (exact) mass is 460 g/mol. The Morgan fingerprint density at radius 1 is 1.16 bits per heavy atom. The number of nitrogens with one attached hydrogen (secondary N) is 1. The Morgan fingerprint density at radius 3 is 2.41 bits per heavy atom. The van der Waals surface area contributed by atoms with E-state index in [0.29, 0.717) is 18.8 Å². The SMILES string of the molecule is CCN(CC)S(=O)(=O)c1ccc(N2CCCC2)c(NC(=O)c2cccc([N+](=O)[O-])c2C)c1. The predicted octanol–water partition coefficient (Wildman–Crippen LogP) is 3.79. The molecule has 1 aliphatic heterocycles. The van der Waals surface area contributed by atoms with Gasteiger partial charge in [-0.2, -0.15) is 4.31 Å². The van der Waals surface area contributed by atoms with Crippen LogP contribution in [-0.4, -0.2) is 49.7 Å². The molecular weight excluding hydrogens is 432 g/mol. The summed E-state index contributed by atoms with van der Waals surface area (Å²) in [6.45, 7) is 7.35. The van der Waals surface area contributed by atoms with Gasteiger partial charge >= 0.3 is 0 Å². The van der Waals surface area contributed by atoms with Crippen LogP contribution in [0.4, 0.5) is 17.1 Å². The van der Waals surface area contributed by atoms with Crippen LogP contribution in [0.5, 0.6) is 0 Å². The second-order valence-electron chi connectivity index (χ2n) is 7.62.